The Hall–Kier alpha value is -5.87. The summed E-state index contributed by atoms with van der Waals surface area (Å²) in [5, 5.41) is 6.66. The molecule has 9 aromatic rings. The second-order valence-electron chi connectivity index (χ2n) is 10.8. The van der Waals surface area contributed by atoms with Gasteiger partial charge in [-0.05, 0) is 59.3 Å². The highest BCUT2D eigenvalue weighted by atomic mass is 16.3. The highest BCUT2D eigenvalue weighted by Crippen LogP contribution is 2.44. The number of hydrogen-bond donors (Lipinski definition) is 0. The van der Waals surface area contributed by atoms with Crippen LogP contribution in [0, 0.1) is 0 Å². The molecule has 0 aliphatic rings. The summed E-state index contributed by atoms with van der Waals surface area (Å²) < 4.78 is 12.9. The Balaban J connectivity index is 1.27. The third-order valence-electron chi connectivity index (χ3n) is 8.26. The number of hydrogen-bond acceptors (Lipinski definition) is 4. The summed E-state index contributed by atoms with van der Waals surface area (Å²) in [6.07, 6.45) is 0. The zero-order valence-corrected chi connectivity index (χ0v) is 23.1. The molecule has 0 unspecified atom stereocenters. The number of aromatic nitrogens is 1. The molecule has 4 nitrogen and oxygen atoms in total. The molecule has 0 fully saturated rings. The average Bonchev–Trinajstić information content (AvgIpc) is 3.69. The lowest BCUT2D eigenvalue weighted by atomic mass is 10.0. The maximum atomic E-state index is 6.59. The van der Waals surface area contributed by atoms with E-state index >= 15 is 0 Å². The number of benzene rings is 7. The summed E-state index contributed by atoms with van der Waals surface area (Å²) in [7, 11) is 0. The van der Waals surface area contributed by atoms with Gasteiger partial charge in [0.2, 0.25) is 5.89 Å². The number of oxazole rings is 1. The Morgan fingerprint density at radius 1 is 0.465 bits per heavy atom. The summed E-state index contributed by atoms with van der Waals surface area (Å²) in [5.41, 5.74) is 7.41. The third-order valence-corrected chi connectivity index (χ3v) is 8.26. The lowest BCUT2D eigenvalue weighted by molar-refractivity contribution is 0.623. The smallest absolute Gasteiger partial charge is 0.227 e. The molecule has 0 aliphatic carbocycles. The van der Waals surface area contributed by atoms with Crippen LogP contribution in [0.5, 0.6) is 0 Å². The fraction of sp³-hybridized carbons (Fsp3) is 0. The number of fused-ring (bicyclic) bond motifs is 9. The van der Waals surface area contributed by atoms with E-state index in [-0.39, 0.29) is 0 Å². The Labute approximate surface area is 247 Å². The summed E-state index contributed by atoms with van der Waals surface area (Å²) in [4.78, 5) is 7.37. The van der Waals surface area contributed by atoms with Crippen LogP contribution < -0.4 is 4.90 Å². The minimum atomic E-state index is 0.596. The van der Waals surface area contributed by atoms with E-state index in [2.05, 4.69) is 126 Å². The molecule has 0 N–H and O–H groups in total. The zero-order chi connectivity index (χ0) is 28.3. The SMILES string of the molecule is c1ccc(N(c2cccc(-c3nc4c5ccccc5c5ccccc5c4o3)c2)c2cccc3oc4ccccc4c23)cc1. The van der Waals surface area contributed by atoms with Crippen molar-refractivity contribution < 1.29 is 8.83 Å². The highest BCUT2D eigenvalue weighted by Gasteiger charge is 2.21. The molecule has 0 saturated heterocycles. The van der Waals surface area contributed by atoms with E-state index in [1.54, 1.807) is 0 Å². The van der Waals surface area contributed by atoms with Crippen LogP contribution in [0.15, 0.2) is 154 Å². The maximum Gasteiger partial charge on any atom is 0.227 e. The Morgan fingerprint density at radius 2 is 1.09 bits per heavy atom. The first-order valence-corrected chi connectivity index (χ1v) is 14.4. The predicted molar refractivity (Wildman–Crippen MR) is 176 cm³/mol. The van der Waals surface area contributed by atoms with Crippen LogP contribution in [-0.2, 0) is 0 Å². The van der Waals surface area contributed by atoms with Crippen LogP contribution in [0.4, 0.5) is 17.1 Å². The van der Waals surface area contributed by atoms with Crippen LogP contribution in [0.1, 0.15) is 0 Å². The topological polar surface area (TPSA) is 42.4 Å². The lowest BCUT2D eigenvalue weighted by Crippen LogP contribution is -2.10. The first-order valence-electron chi connectivity index (χ1n) is 14.4. The van der Waals surface area contributed by atoms with Crippen LogP contribution in [0.3, 0.4) is 0 Å². The fourth-order valence-electron chi connectivity index (χ4n) is 6.37. The van der Waals surface area contributed by atoms with Crippen molar-refractivity contribution in [2.45, 2.75) is 0 Å². The molecule has 43 heavy (non-hydrogen) atoms. The monoisotopic (exact) mass is 552 g/mol. The first kappa shape index (κ1) is 23.8. The van der Waals surface area contributed by atoms with Crippen LogP contribution in [-0.4, -0.2) is 4.98 Å². The largest absolute Gasteiger partial charge is 0.456 e. The summed E-state index contributed by atoms with van der Waals surface area (Å²) in [6.45, 7) is 0. The van der Waals surface area contributed by atoms with Crippen molar-refractivity contribution in [1.82, 2.24) is 4.98 Å². The quantitative estimate of drug-likeness (QED) is 0.204. The van der Waals surface area contributed by atoms with Gasteiger partial charge in [-0.3, -0.25) is 0 Å². The molecule has 7 aromatic carbocycles. The van der Waals surface area contributed by atoms with E-state index in [4.69, 9.17) is 13.8 Å². The second-order valence-corrected chi connectivity index (χ2v) is 10.8. The number of anilines is 3. The van der Waals surface area contributed by atoms with Gasteiger partial charge in [0, 0.05) is 33.1 Å². The molecule has 0 amide bonds. The van der Waals surface area contributed by atoms with Crippen molar-refractivity contribution in [3.63, 3.8) is 0 Å². The van der Waals surface area contributed by atoms with Crippen molar-refractivity contribution in [2.75, 3.05) is 4.90 Å². The van der Waals surface area contributed by atoms with Gasteiger partial charge < -0.3 is 13.7 Å². The van der Waals surface area contributed by atoms with Crippen LogP contribution in [0.2, 0.25) is 0 Å². The van der Waals surface area contributed by atoms with Crippen molar-refractivity contribution in [3.05, 3.63) is 146 Å². The normalized spacial score (nSPS) is 11.7. The van der Waals surface area contributed by atoms with Crippen LogP contribution >= 0.6 is 0 Å². The van der Waals surface area contributed by atoms with Crippen molar-refractivity contribution in [1.29, 1.82) is 0 Å². The Bertz CT molecular complexity index is 2400. The average molecular weight is 553 g/mol. The van der Waals surface area contributed by atoms with Gasteiger partial charge in [-0.15, -0.1) is 0 Å². The van der Waals surface area contributed by atoms with Crippen molar-refractivity contribution in [2.24, 2.45) is 0 Å². The Kier molecular flexibility index (Phi) is 5.16. The number of rotatable bonds is 4. The van der Waals surface area contributed by atoms with Gasteiger partial charge in [-0.1, -0.05) is 97.1 Å². The predicted octanol–water partition coefficient (Wildman–Crippen LogP) is 11.2. The van der Waals surface area contributed by atoms with E-state index in [0.717, 1.165) is 71.8 Å². The molecule has 0 radical (unpaired) electrons. The summed E-state index contributed by atoms with van der Waals surface area (Å²) in [6, 6.07) is 50.1. The van der Waals surface area contributed by atoms with Crippen molar-refractivity contribution in [3.8, 4) is 11.5 Å². The molecule has 0 spiro atoms. The van der Waals surface area contributed by atoms with E-state index < -0.39 is 0 Å². The third kappa shape index (κ3) is 3.67. The van der Waals surface area contributed by atoms with Gasteiger partial charge in [0.1, 0.15) is 16.7 Å². The molecule has 0 bridgehead atoms. The molecule has 2 aromatic heterocycles. The fourth-order valence-corrected chi connectivity index (χ4v) is 6.37. The highest BCUT2D eigenvalue weighted by molar-refractivity contribution is 6.22. The molecule has 9 rings (SSSR count). The zero-order valence-electron chi connectivity index (χ0n) is 23.1. The molecule has 0 saturated carbocycles. The van der Waals surface area contributed by atoms with Gasteiger partial charge >= 0.3 is 0 Å². The van der Waals surface area contributed by atoms with Gasteiger partial charge in [-0.25, -0.2) is 4.98 Å². The lowest BCUT2D eigenvalue weighted by Gasteiger charge is -2.26. The standard InChI is InChI=1S/C39H24N2O2/c1-2-13-26(14-3-1)41(33-21-11-23-35-36(33)32-20-8-9-22-34(32)42-35)27-15-10-12-25(24-27)39-40-37-30-18-6-4-16-28(30)29-17-5-7-19-31(29)38(37)43-39/h1-24H. The van der Waals surface area contributed by atoms with Crippen molar-refractivity contribution >= 4 is 71.6 Å². The number of furan rings is 1. The summed E-state index contributed by atoms with van der Waals surface area (Å²) in [5.74, 6) is 0.596. The van der Waals surface area contributed by atoms with E-state index in [9.17, 15) is 0 Å². The molecule has 202 valence electrons. The summed E-state index contributed by atoms with van der Waals surface area (Å²) >= 11 is 0. The first-order chi connectivity index (χ1) is 21.3. The number of para-hydroxylation sites is 2. The second kappa shape index (κ2) is 9.33. The van der Waals surface area contributed by atoms with Crippen LogP contribution in [0.25, 0.3) is 66.0 Å². The molecule has 2 heterocycles. The minimum absolute atomic E-state index is 0.596. The molecule has 4 heteroatoms. The van der Waals surface area contributed by atoms with E-state index in [1.807, 2.05) is 24.3 Å². The Morgan fingerprint density at radius 3 is 1.93 bits per heavy atom. The van der Waals surface area contributed by atoms with Gasteiger partial charge in [0.05, 0.1) is 11.1 Å². The molecular weight excluding hydrogens is 528 g/mol. The molecule has 0 aliphatic heterocycles. The molecular formula is C39H24N2O2. The maximum absolute atomic E-state index is 6.59. The number of nitrogens with zero attached hydrogens (tertiary/aromatic N) is 2. The van der Waals surface area contributed by atoms with Gasteiger partial charge in [0.15, 0.2) is 5.58 Å². The van der Waals surface area contributed by atoms with E-state index in [0.29, 0.717) is 5.89 Å². The molecule has 0 atom stereocenters. The van der Waals surface area contributed by atoms with E-state index in [1.165, 1.54) is 5.39 Å². The minimum Gasteiger partial charge on any atom is -0.456 e. The van der Waals surface area contributed by atoms with Gasteiger partial charge in [-0.2, -0.15) is 0 Å². The van der Waals surface area contributed by atoms with Gasteiger partial charge in [0.25, 0.3) is 0 Å².